The van der Waals surface area contributed by atoms with Gasteiger partial charge in [-0.3, -0.25) is 0 Å². The van der Waals surface area contributed by atoms with Gasteiger partial charge in [-0.25, -0.2) is 4.39 Å². The topological polar surface area (TPSA) is 20.2 Å². The van der Waals surface area contributed by atoms with Crippen molar-refractivity contribution in [2.45, 2.75) is 6.18 Å². The molecule has 0 fully saturated rings. The number of hydrogen-bond acceptors (Lipinski definition) is 1. The van der Waals surface area contributed by atoms with Crippen LogP contribution in [0, 0.1) is 5.82 Å². The lowest BCUT2D eigenvalue weighted by molar-refractivity contribution is -0.137. The van der Waals surface area contributed by atoms with Gasteiger partial charge in [0.15, 0.2) is 0 Å². The second kappa shape index (κ2) is 4.33. The van der Waals surface area contributed by atoms with Crippen molar-refractivity contribution in [3.05, 3.63) is 53.8 Å². The molecule has 1 nitrogen and oxygen atoms in total. The van der Waals surface area contributed by atoms with Crippen molar-refractivity contribution in [3.63, 3.8) is 0 Å². The van der Waals surface area contributed by atoms with E-state index in [0.29, 0.717) is 5.56 Å². The number of benzene rings is 2. The molecule has 0 unspecified atom stereocenters. The monoisotopic (exact) mass is 256 g/mol. The lowest BCUT2D eigenvalue weighted by Crippen LogP contribution is -2.03. The minimum Gasteiger partial charge on any atom is -0.507 e. The molecule has 1 N–H and O–H groups in total. The predicted molar refractivity (Wildman–Crippen MR) is 58.5 cm³/mol. The second-order valence-corrected chi connectivity index (χ2v) is 3.74. The zero-order valence-electron chi connectivity index (χ0n) is 9.00. The maximum Gasteiger partial charge on any atom is 0.416 e. The van der Waals surface area contributed by atoms with Gasteiger partial charge in [0.05, 0.1) is 5.56 Å². The highest BCUT2D eigenvalue weighted by atomic mass is 19.4. The van der Waals surface area contributed by atoms with Gasteiger partial charge in [0.25, 0.3) is 0 Å². The molecule has 18 heavy (non-hydrogen) atoms. The molecule has 2 rings (SSSR count). The summed E-state index contributed by atoms with van der Waals surface area (Å²) in [6.07, 6.45) is -4.40. The molecule has 0 bridgehead atoms. The lowest BCUT2D eigenvalue weighted by Gasteiger charge is -2.08. The van der Waals surface area contributed by atoms with Crippen LogP contribution >= 0.6 is 0 Å². The Balaban J connectivity index is 2.41. The average Bonchev–Trinajstić information content (AvgIpc) is 2.28. The Hall–Kier alpha value is -2.04. The third-order valence-electron chi connectivity index (χ3n) is 2.48. The molecule has 0 heterocycles. The molecule has 0 aromatic heterocycles. The highest BCUT2D eigenvalue weighted by molar-refractivity contribution is 5.70. The fourth-order valence-electron chi connectivity index (χ4n) is 1.59. The quantitative estimate of drug-likeness (QED) is 0.757. The number of alkyl halides is 3. The van der Waals surface area contributed by atoms with Crippen molar-refractivity contribution in [2.75, 3.05) is 0 Å². The van der Waals surface area contributed by atoms with Crippen LogP contribution in [0.3, 0.4) is 0 Å². The molecule has 0 amide bonds. The molecule has 2 aromatic rings. The van der Waals surface area contributed by atoms with E-state index in [1.165, 1.54) is 18.2 Å². The van der Waals surface area contributed by atoms with Gasteiger partial charge in [-0.2, -0.15) is 13.2 Å². The van der Waals surface area contributed by atoms with Gasteiger partial charge in [0.1, 0.15) is 11.6 Å². The van der Waals surface area contributed by atoms with E-state index in [2.05, 4.69) is 0 Å². The smallest absolute Gasteiger partial charge is 0.416 e. The summed E-state index contributed by atoms with van der Waals surface area (Å²) in [6.45, 7) is 0. The molecule has 0 aliphatic heterocycles. The lowest BCUT2D eigenvalue weighted by atomic mass is 10.0. The minimum atomic E-state index is -4.40. The molecule has 0 radical (unpaired) electrons. The number of phenols is 1. The number of hydrogen-bond donors (Lipinski definition) is 1. The van der Waals surface area contributed by atoms with Gasteiger partial charge < -0.3 is 5.11 Å². The van der Waals surface area contributed by atoms with E-state index >= 15 is 0 Å². The largest absolute Gasteiger partial charge is 0.507 e. The van der Waals surface area contributed by atoms with Crippen molar-refractivity contribution in [1.29, 1.82) is 0 Å². The SMILES string of the molecule is Oc1cc(F)ccc1-c1ccc(C(F)(F)F)cc1. The summed E-state index contributed by atoms with van der Waals surface area (Å²) >= 11 is 0. The maximum absolute atomic E-state index is 12.8. The summed E-state index contributed by atoms with van der Waals surface area (Å²) in [5, 5.41) is 9.51. The van der Waals surface area contributed by atoms with E-state index in [1.807, 2.05) is 0 Å². The number of rotatable bonds is 1. The first-order valence-corrected chi connectivity index (χ1v) is 5.04. The van der Waals surface area contributed by atoms with Crippen LogP contribution in [-0.2, 0) is 6.18 Å². The molecular weight excluding hydrogens is 248 g/mol. The second-order valence-electron chi connectivity index (χ2n) is 3.74. The minimum absolute atomic E-state index is 0.283. The van der Waals surface area contributed by atoms with Gasteiger partial charge in [-0.15, -0.1) is 0 Å². The first-order chi connectivity index (χ1) is 8.38. The van der Waals surface area contributed by atoms with Crippen molar-refractivity contribution in [1.82, 2.24) is 0 Å². The summed E-state index contributed by atoms with van der Waals surface area (Å²) < 4.78 is 49.8. The molecular formula is C13H8F4O. The van der Waals surface area contributed by atoms with Crippen molar-refractivity contribution >= 4 is 0 Å². The molecule has 0 atom stereocenters. The van der Waals surface area contributed by atoms with Crippen molar-refractivity contribution in [2.24, 2.45) is 0 Å². The summed E-state index contributed by atoms with van der Waals surface area (Å²) in [7, 11) is 0. The third-order valence-corrected chi connectivity index (χ3v) is 2.48. The third kappa shape index (κ3) is 2.45. The van der Waals surface area contributed by atoms with Crippen LogP contribution in [0.5, 0.6) is 5.75 Å². The van der Waals surface area contributed by atoms with Crippen LogP contribution in [-0.4, -0.2) is 5.11 Å². The van der Waals surface area contributed by atoms with Gasteiger partial charge in [-0.05, 0) is 29.8 Å². The number of phenolic OH excluding ortho intramolecular Hbond substituents is 1. The molecule has 0 spiro atoms. The van der Waals surface area contributed by atoms with E-state index in [9.17, 15) is 22.7 Å². The predicted octanol–water partition coefficient (Wildman–Crippen LogP) is 4.22. The molecule has 0 saturated carbocycles. The summed E-state index contributed by atoms with van der Waals surface area (Å²) in [4.78, 5) is 0. The number of aromatic hydroxyl groups is 1. The number of halogens is 4. The zero-order valence-corrected chi connectivity index (χ0v) is 9.00. The molecule has 0 aliphatic rings. The van der Waals surface area contributed by atoms with E-state index in [0.717, 1.165) is 24.3 Å². The molecule has 5 heteroatoms. The average molecular weight is 256 g/mol. The van der Waals surface area contributed by atoms with E-state index in [-0.39, 0.29) is 11.3 Å². The Labute approximate surface area is 100 Å². The van der Waals surface area contributed by atoms with Gasteiger partial charge in [0, 0.05) is 11.6 Å². The first-order valence-electron chi connectivity index (χ1n) is 5.04. The maximum atomic E-state index is 12.8. The summed E-state index contributed by atoms with van der Waals surface area (Å²) in [6, 6.07) is 7.65. The van der Waals surface area contributed by atoms with Gasteiger partial charge in [-0.1, -0.05) is 12.1 Å². The van der Waals surface area contributed by atoms with Crippen LogP contribution in [0.15, 0.2) is 42.5 Å². The Morgan fingerprint density at radius 1 is 0.889 bits per heavy atom. The normalized spacial score (nSPS) is 11.6. The van der Waals surface area contributed by atoms with Crippen molar-refractivity contribution in [3.8, 4) is 16.9 Å². The van der Waals surface area contributed by atoms with E-state index < -0.39 is 17.6 Å². The van der Waals surface area contributed by atoms with Crippen LogP contribution in [0.1, 0.15) is 5.56 Å². The van der Waals surface area contributed by atoms with Crippen LogP contribution in [0.2, 0.25) is 0 Å². The van der Waals surface area contributed by atoms with Crippen LogP contribution in [0.4, 0.5) is 17.6 Å². The zero-order chi connectivity index (χ0) is 13.3. The first kappa shape index (κ1) is 12.4. The Morgan fingerprint density at radius 2 is 1.50 bits per heavy atom. The highest BCUT2D eigenvalue weighted by Gasteiger charge is 2.30. The molecule has 0 saturated heterocycles. The fourth-order valence-corrected chi connectivity index (χ4v) is 1.59. The van der Waals surface area contributed by atoms with E-state index in [4.69, 9.17) is 0 Å². The fraction of sp³-hybridized carbons (Fsp3) is 0.0769. The van der Waals surface area contributed by atoms with E-state index in [1.54, 1.807) is 0 Å². The Morgan fingerprint density at radius 3 is 2.00 bits per heavy atom. The van der Waals surface area contributed by atoms with Crippen LogP contribution < -0.4 is 0 Å². The summed E-state index contributed by atoms with van der Waals surface area (Å²) in [5.74, 6) is -0.919. The van der Waals surface area contributed by atoms with Gasteiger partial charge in [0.2, 0.25) is 0 Å². The van der Waals surface area contributed by atoms with Gasteiger partial charge >= 0.3 is 6.18 Å². The highest BCUT2D eigenvalue weighted by Crippen LogP contribution is 2.33. The molecule has 0 aliphatic carbocycles. The van der Waals surface area contributed by atoms with Crippen molar-refractivity contribution < 1.29 is 22.7 Å². The molecule has 2 aromatic carbocycles. The molecule has 94 valence electrons. The van der Waals surface area contributed by atoms with Crippen LogP contribution in [0.25, 0.3) is 11.1 Å². The Kier molecular flexibility index (Phi) is 2.98. The Bertz CT molecular complexity index is 558. The standard InChI is InChI=1S/C13H8F4O/c14-10-5-6-11(12(18)7-10)8-1-3-9(4-2-8)13(15,16)17/h1-7,18H. The summed E-state index contributed by atoms with van der Waals surface area (Å²) in [5.41, 5.74) is -0.0986.